The highest BCUT2D eigenvalue weighted by Gasteiger charge is 2.29. The Bertz CT molecular complexity index is 1020. The van der Waals surface area contributed by atoms with Gasteiger partial charge in [0.2, 0.25) is 0 Å². The monoisotopic (exact) mass is 430 g/mol. The van der Waals surface area contributed by atoms with E-state index in [1.165, 1.54) is 0 Å². The minimum absolute atomic E-state index is 0.0330. The summed E-state index contributed by atoms with van der Waals surface area (Å²) in [5, 5.41) is 10.2. The quantitative estimate of drug-likeness (QED) is 0.662. The molecule has 8 nitrogen and oxygen atoms in total. The Hall–Kier alpha value is -2.43. The van der Waals surface area contributed by atoms with Gasteiger partial charge in [-0.15, -0.1) is 16.4 Å². The predicted octanol–water partition coefficient (Wildman–Crippen LogP) is 3.53. The van der Waals surface area contributed by atoms with Crippen molar-refractivity contribution in [2.75, 3.05) is 25.0 Å². The zero-order valence-corrected chi connectivity index (χ0v) is 18.1. The number of rotatable bonds is 5. The van der Waals surface area contributed by atoms with E-state index in [9.17, 15) is 4.79 Å². The van der Waals surface area contributed by atoms with Gasteiger partial charge < -0.3 is 15.0 Å². The van der Waals surface area contributed by atoms with E-state index in [0.29, 0.717) is 31.0 Å². The summed E-state index contributed by atoms with van der Waals surface area (Å²) < 4.78 is 9.90. The number of hydrogen-bond donors (Lipinski definition) is 1. The number of aryl methyl sites for hydroxylation is 3. The second-order valence-corrected chi connectivity index (χ2v) is 8.47. The molecule has 4 rings (SSSR count). The summed E-state index contributed by atoms with van der Waals surface area (Å²) in [5.74, 6) is -0.0330. The van der Waals surface area contributed by atoms with E-state index in [0.717, 1.165) is 45.1 Å². The van der Waals surface area contributed by atoms with E-state index < -0.39 is 0 Å². The molecule has 1 saturated heterocycles. The number of pyridine rings is 1. The molecule has 0 radical (unpaired) electrons. The first-order valence-corrected chi connectivity index (χ1v) is 11.1. The highest BCUT2D eigenvalue weighted by molar-refractivity contribution is 7.13. The molecule has 152 valence electrons. The lowest BCUT2D eigenvalue weighted by atomic mass is 10.1. The van der Waals surface area contributed by atoms with Crippen LogP contribution in [0.1, 0.15) is 45.5 Å². The van der Waals surface area contributed by atoms with Gasteiger partial charge in [0.05, 0.1) is 30.2 Å². The zero-order valence-electron chi connectivity index (χ0n) is 16.5. The van der Waals surface area contributed by atoms with Gasteiger partial charge in [-0.25, -0.2) is 4.98 Å². The largest absolute Gasteiger partial charge is 0.368 e. The summed E-state index contributed by atoms with van der Waals surface area (Å²) in [6, 6.07) is 3.94. The highest BCUT2D eigenvalue weighted by atomic mass is 32.1. The van der Waals surface area contributed by atoms with Gasteiger partial charge in [0.15, 0.2) is 5.13 Å². The van der Waals surface area contributed by atoms with Crippen LogP contribution in [0.4, 0.5) is 10.8 Å². The molecule has 4 heterocycles. The van der Waals surface area contributed by atoms with E-state index in [1.807, 2.05) is 43.2 Å². The van der Waals surface area contributed by atoms with Crippen LogP contribution in [0.3, 0.4) is 0 Å². The number of morpholine rings is 1. The summed E-state index contributed by atoms with van der Waals surface area (Å²) in [6.07, 6.45) is 0.410. The third-order valence-electron chi connectivity index (χ3n) is 4.61. The first-order chi connectivity index (χ1) is 14.0. The number of amides is 1. The van der Waals surface area contributed by atoms with Crippen LogP contribution in [-0.4, -0.2) is 50.1 Å². The van der Waals surface area contributed by atoms with Gasteiger partial charge in [0.25, 0.3) is 5.91 Å². The van der Waals surface area contributed by atoms with Gasteiger partial charge in [-0.05, 0) is 43.9 Å². The fraction of sp³-hybridized carbons (Fsp3) is 0.421. The van der Waals surface area contributed by atoms with Crippen molar-refractivity contribution in [2.24, 2.45) is 0 Å². The van der Waals surface area contributed by atoms with E-state index in [4.69, 9.17) is 4.74 Å². The molecule has 10 heteroatoms. The molecule has 0 bridgehead atoms. The van der Waals surface area contributed by atoms with Crippen LogP contribution in [-0.2, 0) is 11.2 Å². The van der Waals surface area contributed by atoms with E-state index in [-0.39, 0.29) is 12.0 Å². The van der Waals surface area contributed by atoms with Crippen molar-refractivity contribution in [2.45, 2.75) is 33.3 Å². The standard InChI is InChI=1S/C19H22N6O2S2/c1-4-14-17(29-24-23-14)18(26)25-5-6-27-16(9-25)15-8-13(7-11(2)20-15)22-19-21-12(3)10-28-19/h7-8,10,16H,4-6,9H2,1-3H3,(H,20,21,22)/t16-/m1/s1. The van der Waals surface area contributed by atoms with Crippen LogP contribution in [0.2, 0.25) is 0 Å². The smallest absolute Gasteiger partial charge is 0.267 e. The third kappa shape index (κ3) is 4.44. The highest BCUT2D eigenvalue weighted by Crippen LogP contribution is 2.28. The minimum atomic E-state index is -0.280. The predicted molar refractivity (Wildman–Crippen MR) is 113 cm³/mol. The molecule has 1 fully saturated rings. The van der Waals surface area contributed by atoms with Crippen molar-refractivity contribution < 1.29 is 9.53 Å². The number of nitrogens with zero attached hydrogens (tertiary/aromatic N) is 5. The Labute approximate surface area is 177 Å². The van der Waals surface area contributed by atoms with Crippen LogP contribution in [0.15, 0.2) is 17.5 Å². The maximum Gasteiger partial charge on any atom is 0.267 e. The number of carbonyl (C=O) groups excluding carboxylic acids is 1. The van der Waals surface area contributed by atoms with Crippen molar-refractivity contribution >= 4 is 39.6 Å². The second-order valence-electron chi connectivity index (χ2n) is 6.85. The number of hydrogen-bond acceptors (Lipinski definition) is 9. The Kier molecular flexibility index (Phi) is 5.84. The molecule has 0 spiro atoms. The lowest BCUT2D eigenvalue weighted by Crippen LogP contribution is -2.42. The van der Waals surface area contributed by atoms with Crippen molar-refractivity contribution in [3.05, 3.63) is 45.2 Å². The Morgan fingerprint density at radius 3 is 2.93 bits per heavy atom. The van der Waals surface area contributed by atoms with Gasteiger partial charge in [0, 0.05) is 23.3 Å². The average molecular weight is 431 g/mol. The molecule has 1 aliphatic heterocycles. The molecule has 1 N–H and O–H groups in total. The molecular weight excluding hydrogens is 408 g/mol. The van der Waals surface area contributed by atoms with Crippen molar-refractivity contribution in [3.8, 4) is 0 Å². The van der Waals surface area contributed by atoms with Crippen LogP contribution < -0.4 is 5.32 Å². The van der Waals surface area contributed by atoms with Gasteiger partial charge in [-0.2, -0.15) is 0 Å². The third-order valence-corrected chi connectivity index (χ3v) is 6.24. The number of carbonyl (C=O) groups is 1. The number of anilines is 2. The van der Waals surface area contributed by atoms with E-state index in [1.54, 1.807) is 11.3 Å². The molecule has 0 unspecified atom stereocenters. The topological polar surface area (TPSA) is 93.1 Å². The molecule has 3 aromatic rings. The molecule has 3 aromatic heterocycles. The lowest BCUT2D eigenvalue weighted by Gasteiger charge is -2.32. The molecular formula is C19H22N6O2S2. The van der Waals surface area contributed by atoms with E-state index >= 15 is 0 Å². The van der Waals surface area contributed by atoms with Crippen molar-refractivity contribution in [1.29, 1.82) is 0 Å². The lowest BCUT2D eigenvalue weighted by molar-refractivity contribution is -0.0246. The Morgan fingerprint density at radius 2 is 2.17 bits per heavy atom. The molecule has 0 aromatic carbocycles. The van der Waals surface area contributed by atoms with Gasteiger partial charge in [0.1, 0.15) is 11.0 Å². The SMILES string of the molecule is CCc1nnsc1C(=O)N1CCO[C@@H](c2cc(Nc3nc(C)cs3)cc(C)n2)C1. The molecule has 29 heavy (non-hydrogen) atoms. The molecule has 1 atom stereocenters. The fourth-order valence-electron chi connectivity index (χ4n) is 3.22. The normalized spacial score (nSPS) is 16.8. The molecule has 1 aliphatic rings. The van der Waals surface area contributed by atoms with Crippen LogP contribution >= 0.6 is 22.9 Å². The van der Waals surface area contributed by atoms with Crippen LogP contribution in [0.5, 0.6) is 0 Å². The summed E-state index contributed by atoms with van der Waals surface area (Å²) >= 11 is 2.72. The summed E-state index contributed by atoms with van der Waals surface area (Å²) in [6.45, 7) is 7.36. The number of ether oxygens (including phenoxy) is 1. The van der Waals surface area contributed by atoms with Crippen molar-refractivity contribution in [3.63, 3.8) is 0 Å². The maximum atomic E-state index is 13.0. The first-order valence-electron chi connectivity index (χ1n) is 9.43. The second kappa shape index (κ2) is 8.52. The molecule has 1 amide bonds. The van der Waals surface area contributed by atoms with E-state index in [2.05, 4.69) is 24.9 Å². The number of thiazole rings is 1. The minimum Gasteiger partial charge on any atom is -0.368 e. The molecule has 0 saturated carbocycles. The van der Waals surface area contributed by atoms with Gasteiger partial charge >= 0.3 is 0 Å². The summed E-state index contributed by atoms with van der Waals surface area (Å²) in [5.41, 5.74) is 4.33. The molecule has 0 aliphatic carbocycles. The van der Waals surface area contributed by atoms with Gasteiger partial charge in [-0.3, -0.25) is 9.78 Å². The average Bonchev–Trinajstić information content (AvgIpc) is 3.35. The Balaban J connectivity index is 1.52. The fourth-order valence-corrected chi connectivity index (χ4v) is 4.65. The Morgan fingerprint density at radius 1 is 1.31 bits per heavy atom. The summed E-state index contributed by atoms with van der Waals surface area (Å²) in [7, 11) is 0. The number of aromatic nitrogens is 4. The van der Waals surface area contributed by atoms with Gasteiger partial charge in [-0.1, -0.05) is 11.4 Å². The van der Waals surface area contributed by atoms with Crippen molar-refractivity contribution in [1.82, 2.24) is 24.5 Å². The zero-order chi connectivity index (χ0) is 20.4. The summed E-state index contributed by atoms with van der Waals surface area (Å²) in [4.78, 5) is 24.5. The van der Waals surface area contributed by atoms with Crippen LogP contribution in [0.25, 0.3) is 0 Å². The first kappa shape index (κ1) is 19.9. The maximum absolute atomic E-state index is 13.0. The number of nitrogens with one attached hydrogen (secondary N) is 1. The van der Waals surface area contributed by atoms with Crippen LogP contribution in [0, 0.1) is 13.8 Å².